The molecule has 0 saturated carbocycles. The second-order valence-electron chi connectivity index (χ2n) is 6.67. The van der Waals surface area contributed by atoms with Crippen molar-refractivity contribution >= 4 is 12.0 Å². The number of hydrogen-bond donors (Lipinski definition) is 1. The normalized spacial score (nSPS) is 19.0. The third-order valence-corrected chi connectivity index (χ3v) is 4.92. The Kier molecular flexibility index (Phi) is 5.48. The smallest absolute Gasteiger partial charge is 0.408 e. The summed E-state index contributed by atoms with van der Waals surface area (Å²) in [5.74, 6) is -3.23. The molecule has 0 bridgehead atoms. The van der Waals surface area contributed by atoms with E-state index in [9.17, 15) is 23.5 Å². The van der Waals surface area contributed by atoms with Crippen molar-refractivity contribution in [1.29, 1.82) is 0 Å². The number of methoxy groups -OCH3 is 1. The van der Waals surface area contributed by atoms with Crippen LogP contribution in [0.5, 0.6) is 5.75 Å². The molecular weight excluding hydrogens is 370 g/mol. The van der Waals surface area contributed by atoms with Crippen LogP contribution in [0.4, 0.5) is 13.6 Å². The van der Waals surface area contributed by atoms with Gasteiger partial charge in [0.1, 0.15) is 23.4 Å². The zero-order valence-corrected chi connectivity index (χ0v) is 15.4. The number of ether oxygens (including phenoxy) is 1. The van der Waals surface area contributed by atoms with Crippen LogP contribution in [0.2, 0.25) is 0 Å². The van der Waals surface area contributed by atoms with Crippen LogP contribution >= 0.6 is 0 Å². The number of amides is 2. The van der Waals surface area contributed by atoms with E-state index in [2.05, 4.69) is 0 Å². The van der Waals surface area contributed by atoms with Crippen LogP contribution in [0.25, 0.3) is 0 Å². The Balaban J connectivity index is 2.03. The lowest BCUT2D eigenvalue weighted by Crippen LogP contribution is -2.46. The maximum absolute atomic E-state index is 14.7. The fourth-order valence-electron chi connectivity index (χ4n) is 3.58. The van der Waals surface area contributed by atoms with Crippen LogP contribution in [0, 0.1) is 11.6 Å². The van der Waals surface area contributed by atoms with Gasteiger partial charge in [-0.25, -0.2) is 13.6 Å². The van der Waals surface area contributed by atoms with Gasteiger partial charge in [0.2, 0.25) is 5.91 Å². The van der Waals surface area contributed by atoms with E-state index in [1.807, 2.05) is 0 Å². The summed E-state index contributed by atoms with van der Waals surface area (Å²) in [6.07, 6.45) is -1.34. The second kappa shape index (κ2) is 7.84. The molecule has 0 unspecified atom stereocenters. The van der Waals surface area contributed by atoms with Crippen LogP contribution in [0.1, 0.15) is 17.0 Å². The van der Waals surface area contributed by atoms with E-state index in [0.717, 1.165) is 17.0 Å². The summed E-state index contributed by atoms with van der Waals surface area (Å²) in [7, 11) is 2.77. The molecule has 1 heterocycles. The first-order valence-electron chi connectivity index (χ1n) is 8.65. The number of hydrogen-bond acceptors (Lipinski definition) is 3. The number of likely N-dealkylation sites (N-methyl/N-ethyl adjacent to an activating group) is 1. The van der Waals surface area contributed by atoms with Crippen LogP contribution in [-0.2, 0) is 11.3 Å². The van der Waals surface area contributed by atoms with Gasteiger partial charge in [-0.2, -0.15) is 0 Å². The number of carbonyl (C=O) groups is 2. The van der Waals surface area contributed by atoms with E-state index in [1.54, 1.807) is 30.3 Å². The number of carbonyl (C=O) groups excluding carboxylic acids is 1. The molecule has 2 aromatic rings. The molecule has 1 aliphatic heterocycles. The number of likely N-dealkylation sites (tertiary alicyclic amines) is 1. The lowest BCUT2D eigenvalue weighted by molar-refractivity contribution is -0.130. The van der Waals surface area contributed by atoms with E-state index in [4.69, 9.17) is 4.74 Å². The van der Waals surface area contributed by atoms with Crippen molar-refractivity contribution in [3.63, 3.8) is 0 Å². The van der Waals surface area contributed by atoms with Gasteiger partial charge in [-0.1, -0.05) is 30.3 Å². The quantitative estimate of drug-likeness (QED) is 0.852. The van der Waals surface area contributed by atoms with Crippen molar-refractivity contribution in [3.05, 3.63) is 65.2 Å². The molecule has 3 rings (SSSR count). The first kappa shape index (κ1) is 19.6. The molecule has 0 spiro atoms. The minimum Gasteiger partial charge on any atom is -0.497 e. The average molecular weight is 390 g/mol. The standard InChI is InChI=1S/C20H20F2N2O4/c1-23-11-14(17-15(21)8-13(28-2)9-16(17)22)18(19(23)25)24(20(26)27)10-12-6-4-3-5-7-12/h3-9,14,18H,10-11H2,1-2H3,(H,26,27)/t14-,18-/m0/s1. The molecule has 1 aliphatic rings. The molecule has 2 atom stereocenters. The highest BCUT2D eigenvalue weighted by Gasteiger charge is 2.47. The van der Waals surface area contributed by atoms with Gasteiger partial charge < -0.3 is 14.7 Å². The molecule has 148 valence electrons. The third kappa shape index (κ3) is 3.62. The first-order chi connectivity index (χ1) is 13.3. The molecule has 1 N–H and O–H groups in total. The topological polar surface area (TPSA) is 70.1 Å². The zero-order valence-electron chi connectivity index (χ0n) is 15.4. The van der Waals surface area contributed by atoms with Crippen molar-refractivity contribution in [1.82, 2.24) is 9.80 Å². The highest BCUT2D eigenvalue weighted by molar-refractivity contribution is 5.88. The maximum atomic E-state index is 14.7. The van der Waals surface area contributed by atoms with E-state index in [0.29, 0.717) is 5.56 Å². The molecule has 1 saturated heterocycles. The summed E-state index contributed by atoms with van der Waals surface area (Å²) >= 11 is 0. The minimum atomic E-state index is -1.34. The second-order valence-corrected chi connectivity index (χ2v) is 6.67. The van der Waals surface area contributed by atoms with Crippen molar-refractivity contribution in [2.45, 2.75) is 18.5 Å². The van der Waals surface area contributed by atoms with Gasteiger partial charge in [0.15, 0.2) is 0 Å². The molecule has 6 nitrogen and oxygen atoms in total. The number of rotatable bonds is 5. The Hall–Kier alpha value is -3.16. The van der Waals surface area contributed by atoms with Gasteiger partial charge >= 0.3 is 6.09 Å². The highest BCUT2D eigenvalue weighted by atomic mass is 19.1. The summed E-state index contributed by atoms with van der Waals surface area (Å²) < 4.78 is 34.2. The number of carboxylic acid groups (broad SMARTS) is 1. The summed E-state index contributed by atoms with van der Waals surface area (Å²) in [4.78, 5) is 26.9. The Morgan fingerprint density at radius 1 is 1.25 bits per heavy atom. The molecule has 0 radical (unpaired) electrons. The van der Waals surface area contributed by atoms with E-state index < -0.39 is 35.6 Å². The van der Waals surface area contributed by atoms with Crippen molar-refractivity contribution in [2.24, 2.45) is 0 Å². The van der Waals surface area contributed by atoms with Gasteiger partial charge in [-0.15, -0.1) is 0 Å². The van der Waals surface area contributed by atoms with Crippen molar-refractivity contribution in [3.8, 4) is 5.75 Å². The van der Waals surface area contributed by atoms with Gasteiger partial charge in [-0.05, 0) is 5.56 Å². The van der Waals surface area contributed by atoms with Crippen LogP contribution < -0.4 is 4.74 Å². The fraction of sp³-hybridized carbons (Fsp3) is 0.300. The molecule has 2 aromatic carbocycles. The summed E-state index contributed by atoms with van der Waals surface area (Å²) in [6.45, 7) is -0.0709. The SMILES string of the molecule is COc1cc(F)c([C@@H]2CN(C)C(=O)[C@H]2N(Cc2ccccc2)C(=O)O)c(F)c1. The van der Waals surface area contributed by atoms with E-state index in [-0.39, 0.29) is 24.4 Å². The Labute approximate surface area is 160 Å². The van der Waals surface area contributed by atoms with Crippen molar-refractivity contribution in [2.75, 3.05) is 20.7 Å². The lowest BCUT2D eigenvalue weighted by atomic mass is 9.91. The van der Waals surface area contributed by atoms with Gasteiger partial charge in [0.05, 0.1) is 7.11 Å². The molecule has 0 aromatic heterocycles. The largest absolute Gasteiger partial charge is 0.497 e. The van der Waals surface area contributed by atoms with Gasteiger partial charge in [0.25, 0.3) is 0 Å². The molecule has 2 amide bonds. The zero-order chi connectivity index (χ0) is 20.4. The molecule has 8 heteroatoms. The van der Waals surface area contributed by atoms with Crippen LogP contribution in [0.15, 0.2) is 42.5 Å². The number of halogens is 2. The predicted octanol–water partition coefficient (Wildman–Crippen LogP) is 3.08. The molecular formula is C20H20F2N2O4. The van der Waals surface area contributed by atoms with Crippen molar-refractivity contribution < 1.29 is 28.2 Å². The molecule has 0 aliphatic carbocycles. The van der Waals surface area contributed by atoms with E-state index in [1.165, 1.54) is 19.1 Å². The maximum Gasteiger partial charge on any atom is 0.408 e. The Morgan fingerprint density at radius 2 is 1.86 bits per heavy atom. The number of nitrogens with zero attached hydrogens (tertiary/aromatic N) is 2. The summed E-state index contributed by atoms with van der Waals surface area (Å²) in [6, 6.07) is 9.55. The Bertz CT molecular complexity index is 868. The minimum absolute atomic E-state index is 0.00222. The van der Waals surface area contributed by atoms with Gasteiger partial charge in [0, 0.05) is 43.8 Å². The monoisotopic (exact) mass is 390 g/mol. The first-order valence-corrected chi connectivity index (χ1v) is 8.65. The lowest BCUT2D eigenvalue weighted by Gasteiger charge is -2.29. The molecule has 1 fully saturated rings. The predicted molar refractivity (Wildman–Crippen MR) is 97.1 cm³/mol. The van der Waals surface area contributed by atoms with Gasteiger partial charge in [-0.3, -0.25) is 9.69 Å². The molecule has 28 heavy (non-hydrogen) atoms. The van der Waals surface area contributed by atoms with E-state index >= 15 is 0 Å². The number of benzene rings is 2. The average Bonchev–Trinajstić information content (AvgIpc) is 2.94. The highest BCUT2D eigenvalue weighted by Crippen LogP contribution is 2.36. The Morgan fingerprint density at radius 3 is 2.39 bits per heavy atom. The summed E-state index contributed by atoms with van der Waals surface area (Å²) in [5.41, 5.74) is 0.351. The fourth-order valence-corrected chi connectivity index (χ4v) is 3.58. The summed E-state index contributed by atoms with van der Waals surface area (Å²) in [5, 5.41) is 9.73. The van der Waals surface area contributed by atoms with Crippen LogP contribution in [0.3, 0.4) is 0 Å². The van der Waals surface area contributed by atoms with Crippen LogP contribution in [-0.4, -0.2) is 53.7 Å². The third-order valence-electron chi connectivity index (χ3n) is 4.92.